The van der Waals surface area contributed by atoms with Gasteiger partial charge in [0.05, 0.1) is 23.8 Å². The lowest BCUT2D eigenvalue weighted by molar-refractivity contribution is -0.384. The maximum Gasteiger partial charge on any atom is 0.294 e. The number of nitro benzene ring substituents is 1. The highest BCUT2D eigenvalue weighted by Gasteiger charge is 2.27. The molecular weight excluding hydrogens is 258 g/mol. The Morgan fingerprint density at radius 1 is 1.40 bits per heavy atom. The second-order valence-electron chi connectivity index (χ2n) is 5.38. The predicted octanol–water partition coefficient (Wildman–Crippen LogP) is 2.45. The number of hydrogen-bond acceptors (Lipinski definition) is 5. The minimum Gasteiger partial charge on any atom is -0.397 e. The van der Waals surface area contributed by atoms with E-state index in [-0.39, 0.29) is 16.5 Å². The molecule has 1 heterocycles. The van der Waals surface area contributed by atoms with Crippen LogP contribution in [0.4, 0.5) is 17.1 Å². The molecule has 0 aliphatic carbocycles. The SMILES string of the molecule is Cc1c(C(C)C)cc([N+](=O)[O-])c(N2CCOCC2)c1N. The maximum absolute atomic E-state index is 11.4. The molecule has 6 heteroatoms. The fourth-order valence-electron chi connectivity index (χ4n) is 2.65. The van der Waals surface area contributed by atoms with Crippen molar-refractivity contribution >= 4 is 17.1 Å². The molecule has 1 fully saturated rings. The first kappa shape index (κ1) is 14.6. The molecule has 0 radical (unpaired) electrons. The summed E-state index contributed by atoms with van der Waals surface area (Å²) in [6.07, 6.45) is 0. The Balaban J connectivity index is 2.59. The summed E-state index contributed by atoms with van der Waals surface area (Å²) >= 11 is 0. The van der Waals surface area contributed by atoms with Gasteiger partial charge in [-0.3, -0.25) is 10.1 Å². The average molecular weight is 279 g/mol. The summed E-state index contributed by atoms with van der Waals surface area (Å²) in [5.41, 5.74) is 9.23. The number of nitro groups is 1. The molecule has 1 aliphatic rings. The number of nitrogen functional groups attached to an aromatic ring is 1. The lowest BCUT2D eigenvalue weighted by Crippen LogP contribution is -2.37. The van der Waals surface area contributed by atoms with Gasteiger partial charge in [0.15, 0.2) is 0 Å². The van der Waals surface area contributed by atoms with Crippen LogP contribution < -0.4 is 10.6 Å². The Bertz CT molecular complexity index is 523. The largest absolute Gasteiger partial charge is 0.397 e. The maximum atomic E-state index is 11.4. The van der Waals surface area contributed by atoms with Crippen LogP contribution in [-0.4, -0.2) is 31.2 Å². The minimum absolute atomic E-state index is 0.0960. The topological polar surface area (TPSA) is 81.6 Å². The first-order valence-electron chi connectivity index (χ1n) is 6.83. The zero-order chi connectivity index (χ0) is 14.9. The fraction of sp³-hybridized carbons (Fsp3) is 0.571. The molecule has 1 aromatic rings. The van der Waals surface area contributed by atoms with E-state index in [1.165, 1.54) is 0 Å². The van der Waals surface area contributed by atoms with Gasteiger partial charge in [-0.25, -0.2) is 0 Å². The Kier molecular flexibility index (Phi) is 4.13. The van der Waals surface area contributed by atoms with Crippen molar-refractivity contribution in [2.45, 2.75) is 26.7 Å². The van der Waals surface area contributed by atoms with E-state index in [0.29, 0.717) is 37.7 Å². The number of morpholine rings is 1. The molecule has 0 spiro atoms. The van der Waals surface area contributed by atoms with Gasteiger partial charge in [-0.2, -0.15) is 0 Å². The van der Waals surface area contributed by atoms with Crippen LogP contribution in [0.1, 0.15) is 30.9 Å². The molecule has 1 aliphatic heterocycles. The van der Waals surface area contributed by atoms with Gasteiger partial charge >= 0.3 is 0 Å². The van der Waals surface area contributed by atoms with Gasteiger partial charge in [0.25, 0.3) is 5.69 Å². The summed E-state index contributed by atoms with van der Waals surface area (Å²) in [7, 11) is 0. The number of nitrogens with zero attached hydrogens (tertiary/aromatic N) is 2. The summed E-state index contributed by atoms with van der Waals surface area (Å²) in [6.45, 7) is 8.36. The van der Waals surface area contributed by atoms with Crippen LogP contribution in [0.15, 0.2) is 6.07 Å². The molecule has 20 heavy (non-hydrogen) atoms. The molecular formula is C14H21N3O3. The highest BCUT2D eigenvalue weighted by molar-refractivity contribution is 5.82. The monoisotopic (exact) mass is 279 g/mol. The summed E-state index contributed by atoms with van der Waals surface area (Å²) < 4.78 is 5.30. The van der Waals surface area contributed by atoms with Crippen LogP contribution in [-0.2, 0) is 4.74 Å². The van der Waals surface area contributed by atoms with Crippen molar-refractivity contribution in [3.05, 3.63) is 27.3 Å². The van der Waals surface area contributed by atoms with Crippen molar-refractivity contribution in [2.75, 3.05) is 36.9 Å². The first-order chi connectivity index (χ1) is 9.43. The minimum atomic E-state index is -0.341. The summed E-state index contributed by atoms with van der Waals surface area (Å²) in [6, 6.07) is 1.67. The number of anilines is 2. The third kappa shape index (κ3) is 2.56. The van der Waals surface area contributed by atoms with E-state index in [9.17, 15) is 10.1 Å². The molecule has 0 saturated carbocycles. The smallest absolute Gasteiger partial charge is 0.294 e. The molecule has 0 bridgehead atoms. The van der Waals surface area contributed by atoms with E-state index >= 15 is 0 Å². The van der Waals surface area contributed by atoms with E-state index in [2.05, 4.69) is 0 Å². The molecule has 0 atom stereocenters. The Labute approximate surface area is 118 Å². The van der Waals surface area contributed by atoms with Gasteiger partial charge in [-0.05, 0) is 24.0 Å². The van der Waals surface area contributed by atoms with Crippen molar-refractivity contribution in [2.24, 2.45) is 0 Å². The number of benzene rings is 1. The average Bonchev–Trinajstić information content (AvgIpc) is 2.41. The van der Waals surface area contributed by atoms with Gasteiger partial charge in [-0.15, -0.1) is 0 Å². The van der Waals surface area contributed by atoms with E-state index in [4.69, 9.17) is 10.5 Å². The number of hydrogen-bond donors (Lipinski definition) is 1. The summed E-state index contributed by atoms with van der Waals surface area (Å²) in [4.78, 5) is 13.0. The van der Waals surface area contributed by atoms with Crippen LogP contribution in [0.2, 0.25) is 0 Å². The Hall–Kier alpha value is -1.82. The van der Waals surface area contributed by atoms with E-state index in [1.54, 1.807) is 6.07 Å². The lowest BCUT2D eigenvalue weighted by Gasteiger charge is -2.30. The van der Waals surface area contributed by atoms with E-state index < -0.39 is 0 Å². The van der Waals surface area contributed by atoms with Gasteiger partial charge in [-0.1, -0.05) is 13.8 Å². The van der Waals surface area contributed by atoms with Crippen LogP contribution in [0.3, 0.4) is 0 Å². The zero-order valence-corrected chi connectivity index (χ0v) is 12.2. The predicted molar refractivity (Wildman–Crippen MR) is 79.4 cm³/mol. The number of ether oxygens (including phenoxy) is 1. The third-order valence-electron chi connectivity index (χ3n) is 3.77. The molecule has 6 nitrogen and oxygen atoms in total. The van der Waals surface area contributed by atoms with Crippen molar-refractivity contribution in [3.8, 4) is 0 Å². The molecule has 110 valence electrons. The molecule has 0 unspecified atom stereocenters. The van der Waals surface area contributed by atoms with Crippen LogP contribution in [0.25, 0.3) is 0 Å². The quantitative estimate of drug-likeness (QED) is 0.522. The first-order valence-corrected chi connectivity index (χ1v) is 6.83. The lowest BCUT2D eigenvalue weighted by atomic mass is 9.94. The molecule has 1 aromatic carbocycles. The van der Waals surface area contributed by atoms with Gasteiger partial charge in [0, 0.05) is 19.2 Å². The summed E-state index contributed by atoms with van der Waals surface area (Å²) in [5.74, 6) is 0.203. The van der Waals surface area contributed by atoms with Crippen LogP contribution in [0.5, 0.6) is 0 Å². The standard InChI is InChI=1S/C14H21N3O3/c1-9(2)11-8-12(17(18)19)14(13(15)10(11)3)16-4-6-20-7-5-16/h8-9H,4-7,15H2,1-3H3. The van der Waals surface area contributed by atoms with E-state index in [0.717, 1.165) is 11.1 Å². The number of rotatable bonds is 3. The highest BCUT2D eigenvalue weighted by Crippen LogP contribution is 2.40. The molecule has 1 saturated heterocycles. The zero-order valence-electron chi connectivity index (χ0n) is 12.2. The van der Waals surface area contributed by atoms with Crippen molar-refractivity contribution in [1.82, 2.24) is 0 Å². The van der Waals surface area contributed by atoms with Crippen molar-refractivity contribution in [3.63, 3.8) is 0 Å². The van der Waals surface area contributed by atoms with Gasteiger partial charge in [0.1, 0.15) is 5.69 Å². The molecule has 0 amide bonds. The second kappa shape index (κ2) is 5.66. The van der Waals surface area contributed by atoms with Gasteiger partial charge in [0.2, 0.25) is 0 Å². The normalized spacial score (nSPS) is 15.7. The summed E-state index contributed by atoms with van der Waals surface area (Å²) in [5, 5.41) is 11.4. The van der Waals surface area contributed by atoms with Gasteiger partial charge < -0.3 is 15.4 Å². The Morgan fingerprint density at radius 2 is 2.00 bits per heavy atom. The van der Waals surface area contributed by atoms with Crippen molar-refractivity contribution < 1.29 is 9.66 Å². The molecule has 2 N–H and O–H groups in total. The second-order valence-corrected chi connectivity index (χ2v) is 5.38. The fourth-order valence-corrected chi connectivity index (χ4v) is 2.65. The molecule has 2 rings (SSSR count). The van der Waals surface area contributed by atoms with Crippen molar-refractivity contribution in [1.29, 1.82) is 0 Å². The third-order valence-corrected chi connectivity index (χ3v) is 3.77. The van der Waals surface area contributed by atoms with Crippen LogP contribution >= 0.6 is 0 Å². The highest BCUT2D eigenvalue weighted by atomic mass is 16.6. The van der Waals surface area contributed by atoms with Crippen LogP contribution in [0, 0.1) is 17.0 Å². The Morgan fingerprint density at radius 3 is 2.50 bits per heavy atom. The molecule has 0 aromatic heterocycles. The van der Waals surface area contributed by atoms with E-state index in [1.807, 2.05) is 25.7 Å². The number of nitrogens with two attached hydrogens (primary N) is 1.